The third-order valence-electron chi connectivity index (χ3n) is 5.81. The first-order chi connectivity index (χ1) is 17.5. The molecule has 0 spiro atoms. The van der Waals surface area contributed by atoms with Crippen LogP contribution in [0.15, 0.2) is 53.0 Å². The number of aryl methyl sites for hydroxylation is 1. The van der Waals surface area contributed by atoms with Gasteiger partial charge in [0.25, 0.3) is 11.8 Å². The summed E-state index contributed by atoms with van der Waals surface area (Å²) in [5, 5.41) is 10.3. The zero-order valence-electron chi connectivity index (χ0n) is 20.2. The minimum atomic E-state index is -4.71. The molecule has 0 bridgehead atoms. The van der Waals surface area contributed by atoms with Crippen LogP contribution >= 0.6 is 15.9 Å². The molecule has 0 unspecified atom stereocenters. The van der Waals surface area contributed by atoms with E-state index in [9.17, 15) is 22.8 Å². The van der Waals surface area contributed by atoms with E-state index in [2.05, 4.69) is 36.6 Å². The zero-order valence-corrected chi connectivity index (χ0v) is 21.8. The van der Waals surface area contributed by atoms with Gasteiger partial charge in [-0.3, -0.25) is 14.3 Å². The smallest absolute Gasteiger partial charge is 0.352 e. The SMILES string of the molecule is CCNC(=O)c1ccc(Cn2nc(C)c(NC(=O)c3cc(C(F)(F)F)nc4ccc(Br)cc34)c2C)cc1. The molecule has 0 aliphatic heterocycles. The van der Waals surface area contributed by atoms with Gasteiger partial charge < -0.3 is 10.6 Å². The molecule has 0 saturated heterocycles. The Bertz CT molecular complexity index is 1500. The number of benzene rings is 2. The van der Waals surface area contributed by atoms with E-state index >= 15 is 0 Å². The molecule has 2 N–H and O–H groups in total. The first-order valence-electron chi connectivity index (χ1n) is 11.4. The number of pyridine rings is 1. The molecule has 4 rings (SSSR count). The highest BCUT2D eigenvalue weighted by atomic mass is 79.9. The van der Waals surface area contributed by atoms with E-state index in [1.807, 2.05) is 19.1 Å². The molecule has 192 valence electrons. The molecule has 0 aliphatic rings. The average Bonchev–Trinajstić information content (AvgIpc) is 3.10. The molecule has 2 aromatic carbocycles. The number of carbonyl (C=O) groups excluding carboxylic acids is 2. The van der Waals surface area contributed by atoms with Crippen molar-refractivity contribution in [1.29, 1.82) is 0 Å². The summed E-state index contributed by atoms with van der Waals surface area (Å²) in [5.41, 5.74) is 1.76. The Morgan fingerprint density at radius 1 is 1.03 bits per heavy atom. The molecule has 2 amide bonds. The maximum Gasteiger partial charge on any atom is 0.433 e. The van der Waals surface area contributed by atoms with Gasteiger partial charge in [-0.05, 0) is 62.7 Å². The first kappa shape index (κ1) is 26.3. The number of hydrogen-bond acceptors (Lipinski definition) is 4. The van der Waals surface area contributed by atoms with Crippen molar-refractivity contribution in [2.75, 3.05) is 11.9 Å². The number of nitrogens with one attached hydrogen (secondary N) is 2. The molecule has 11 heteroatoms. The number of halogens is 4. The highest BCUT2D eigenvalue weighted by Crippen LogP contribution is 2.32. The van der Waals surface area contributed by atoms with Crippen molar-refractivity contribution in [3.63, 3.8) is 0 Å². The van der Waals surface area contributed by atoms with Crippen LogP contribution in [0.1, 0.15) is 50.3 Å². The monoisotopic (exact) mass is 573 g/mol. The number of amides is 2. The molecule has 0 atom stereocenters. The quantitative estimate of drug-likeness (QED) is 0.301. The van der Waals surface area contributed by atoms with E-state index in [4.69, 9.17) is 0 Å². The van der Waals surface area contributed by atoms with E-state index < -0.39 is 17.8 Å². The van der Waals surface area contributed by atoms with Crippen LogP contribution in [0.3, 0.4) is 0 Å². The van der Waals surface area contributed by atoms with Crippen LogP contribution in [0.25, 0.3) is 10.9 Å². The second-order valence-corrected chi connectivity index (χ2v) is 9.34. The minimum absolute atomic E-state index is 0.0587. The summed E-state index contributed by atoms with van der Waals surface area (Å²) >= 11 is 3.30. The highest BCUT2D eigenvalue weighted by molar-refractivity contribution is 9.10. The Balaban J connectivity index is 1.62. The summed E-state index contributed by atoms with van der Waals surface area (Å²) in [6.45, 7) is 6.23. The molecule has 2 aromatic heterocycles. The van der Waals surface area contributed by atoms with E-state index in [1.54, 1.807) is 42.8 Å². The summed E-state index contributed by atoms with van der Waals surface area (Å²) < 4.78 is 42.7. The predicted octanol–water partition coefficient (Wildman–Crippen LogP) is 5.88. The van der Waals surface area contributed by atoms with Crippen LogP contribution < -0.4 is 10.6 Å². The Morgan fingerprint density at radius 3 is 2.38 bits per heavy atom. The standard InChI is InChI=1S/C26H23BrF3N5O2/c1-4-31-24(36)17-7-5-16(6-8-17)13-35-15(3)23(14(2)34-35)33-25(37)20-12-22(26(28,29)30)32-21-10-9-18(27)11-19(20)21/h5-12H,4,13H2,1-3H3,(H,31,36)(H,33,37). The molecular formula is C26H23BrF3N5O2. The van der Waals surface area contributed by atoms with Crippen LogP contribution in [0.2, 0.25) is 0 Å². The first-order valence-corrected chi connectivity index (χ1v) is 12.2. The normalized spacial score (nSPS) is 11.5. The molecule has 37 heavy (non-hydrogen) atoms. The van der Waals surface area contributed by atoms with Gasteiger partial charge in [-0.1, -0.05) is 28.1 Å². The van der Waals surface area contributed by atoms with Crippen molar-refractivity contribution in [2.45, 2.75) is 33.5 Å². The summed E-state index contributed by atoms with van der Waals surface area (Å²) in [6.07, 6.45) is -4.71. The third-order valence-corrected chi connectivity index (χ3v) is 6.30. The van der Waals surface area contributed by atoms with Crippen LogP contribution in [-0.2, 0) is 12.7 Å². The van der Waals surface area contributed by atoms with Gasteiger partial charge in [-0.2, -0.15) is 18.3 Å². The van der Waals surface area contributed by atoms with Gasteiger partial charge >= 0.3 is 6.18 Å². The minimum Gasteiger partial charge on any atom is -0.352 e. The zero-order chi connectivity index (χ0) is 26.9. The fourth-order valence-corrected chi connectivity index (χ4v) is 4.30. The van der Waals surface area contributed by atoms with Gasteiger partial charge in [0.2, 0.25) is 0 Å². The number of nitrogens with zero attached hydrogens (tertiary/aromatic N) is 3. The lowest BCUT2D eigenvalue weighted by atomic mass is 10.1. The topological polar surface area (TPSA) is 88.9 Å². The Hall–Kier alpha value is -3.73. The van der Waals surface area contributed by atoms with Gasteiger partial charge in [0, 0.05) is 22.0 Å². The molecule has 0 saturated carbocycles. The van der Waals surface area contributed by atoms with Crippen LogP contribution in [-0.4, -0.2) is 33.1 Å². The van der Waals surface area contributed by atoms with Crippen LogP contribution in [0.5, 0.6) is 0 Å². The average molecular weight is 574 g/mol. The highest BCUT2D eigenvalue weighted by Gasteiger charge is 2.34. The number of aromatic nitrogens is 3. The molecule has 0 aliphatic carbocycles. The number of alkyl halides is 3. The number of rotatable bonds is 6. The molecule has 2 heterocycles. The van der Waals surface area contributed by atoms with E-state index in [1.165, 1.54) is 6.07 Å². The lowest BCUT2D eigenvalue weighted by Crippen LogP contribution is -2.22. The second-order valence-electron chi connectivity index (χ2n) is 8.43. The van der Waals surface area contributed by atoms with Crippen molar-refractivity contribution in [3.05, 3.63) is 86.8 Å². The number of carbonyl (C=O) groups is 2. The molecule has 0 radical (unpaired) electrons. The fourth-order valence-electron chi connectivity index (χ4n) is 3.94. The molecule has 7 nitrogen and oxygen atoms in total. The van der Waals surface area contributed by atoms with Gasteiger partial charge in [-0.15, -0.1) is 0 Å². The number of fused-ring (bicyclic) bond motifs is 1. The van der Waals surface area contributed by atoms with Crippen LogP contribution in [0, 0.1) is 13.8 Å². The van der Waals surface area contributed by atoms with Crippen molar-refractivity contribution in [1.82, 2.24) is 20.1 Å². The van der Waals surface area contributed by atoms with Crippen LogP contribution in [0.4, 0.5) is 18.9 Å². The van der Waals surface area contributed by atoms with Crippen molar-refractivity contribution in [3.8, 4) is 0 Å². The van der Waals surface area contributed by atoms with Gasteiger partial charge in [0.05, 0.1) is 34.7 Å². The molecule has 0 fully saturated rings. The van der Waals surface area contributed by atoms with E-state index in [0.29, 0.717) is 40.2 Å². The summed E-state index contributed by atoms with van der Waals surface area (Å²) in [5.74, 6) is -0.859. The maximum atomic E-state index is 13.5. The summed E-state index contributed by atoms with van der Waals surface area (Å²) in [6, 6.07) is 12.4. The Morgan fingerprint density at radius 2 is 1.73 bits per heavy atom. The van der Waals surface area contributed by atoms with Gasteiger partial charge in [0.15, 0.2) is 0 Å². The van der Waals surface area contributed by atoms with E-state index in [0.717, 1.165) is 11.6 Å². The van der Waals surface area contributed by atoms with Gasteiger partial charge in [0.1, 0.15) is 5.69 Å². The van der Waals surface area contributed by atoms with Gasteiger partial charge in [-0.25, -0.2) is 4.98 Å². The Kier molecular flexibility index (Phi) is 7.35. The van der Waals surface area contributed by atoms with Crippen molar-refractivity contribution >= 4 is 44.3 Å². The predicted molar refractivity (Wildman–Crippen MR) is 138 cm³/mol. The summed E-state index contributed by atoms with van der Waals surface area (Å²) in [4.78, 5) is 28.9. The second kappa shape index (κ2) is 10.3. The van der Waals surface area contributed by atoms with Crippen molar-refractivity contribution < 1.29 is 22.8 Å². The summed E-state index contributed by atoms with van der Waals surface area (Å²) in [7, 11) is 0. The Labute approximate surface area is 219 Å². The lowest BCUT2D eigenvalue weighted by Gasteiger charge is -2.13. The number of anilines is 1. The van der Waals surface area contributed by atoms with Crippen molar-refractivity contribution in [2.24, 2.45) is 0 Å². The third kappa shape index (κ3) is 5.66. The molecule has 4 aromatic rings. The maximum absolute atomic E-state index is 13.5. The largest absolute Gasteiger partial charge is 0.433 e. The van der Waals surface area contributed by atoms with E-state index in [-0.39, 0.29) is 22.4 Å². The lowest BCUT2D eigenvalue weighted by molar-refractivity contribution is -0.140. The molecular weight excluding hydrogens is 551 g/mol. The fraction of sp³-hybridized carbons (Fsp3) is 0.231. The number of hydrogen-bond donors (Lipinski definition) is 2.